The summed E-state index contributed by atoms with van der Waals surface area (Å²) in [7, 11) is 0. The van der Waals surface area contributed by atoms with Gasteiger partial charge in [0.15, 0.2) is 0 Å². The van der Waals surface area contributed by atoms with Crippen molar-refractivity contribution in [2.24, 2.45) is 11.3 Å². The molecule has 0 N–H and O–H groups in total. The fourth-order valence-electron chi connectivity index (χ4n) is 5.97. The van der Waals surface area contributed by atoms with Crippen LogP contribution in [0.25, 0.3) is 0 Å². The lowest BCUT2D eigenvalue weighted by molar-refractivity contribution is -0.0806. The number of allylic oxidation sites excluding steroid dienone is 1. The lowest BCUT2D eigenvalue weighted by atomic mass is 9.52. The average Bonchev–Trinajstić information content (AvgIpc) is 2.56. The van der Waals surface area contributed by atoms with Crippen LogP contribution in [-0.2, 0) is 0 Å². The van der Waals surface area contributed by atoms with Crippen LogP contribution in [0.1, 0.15) is 112 Å². The third-order valence-corrected chi connectivity index (χ3v) is 6.47. The van der Waals surface area contributed by atoms with E-state index < -0.39 is 0 Å². The molecule has 1 atom stereocenters. The second-order valence-electron chi connectivity index (χ2n) is 8.12. The van der Waals surface area contributed by atoms with Gasteiger partial charge < -0.3 is 4.90 Å². The average molecular weight is 336 g/mol. The minimum atomic E-state index is 0.382. The summed E-state index contributed by atoms with van der Waals surface area (Å²) in [4.78, 5) is 2.80. The van der Waals surface area contributed by atoms with E-state index in [9.17, 15) is 0 Å². The largest absolute Gasteiger partial charge is 0.371 e. The van der Waals surface area contributed by atoms with Crippen molar-refractivity contribution in [1.29, 1.82) is 0 Å². The Balaban J connectivity index is 3.52. The lowest BCUT2D eigenvalue weighted by Gasteiger charge is -2.62. The highest BCUT2D eigenvalue weighted by Crippen LogP contribution is 2.58. The van der Waals surface area contributed by atoms with Crippen LogP contribution >= 0.6 is 0 Å². The molecule has 0 radical (unpaired) electrons. The van der Waals surface area contributed by atoms with E-state index in [1.807, 2.05) is 0 Å². The molecule has 0 aliphatic carbocycles. The standard InChI is InChI=1S/C23H45N/c1-7-13-21-14-20-24(19-12-6)23(17-10-4,18-11-5)22(21,15-8-2)16-9-3/h14,20-21H,7-13,15-19H2,1-6H3. The quantitative estimate of drug-likeness (QED) is 0.355. The van der Waals surface area contributed by atoms with Gasteiger partial charge in [-0.2, -0.15) is 0 Å². The first kappa shape index (κ1) is 21.6. The fourth-order valence-corrected chi connectivity index (χ4v) is 5.97. The SMILES string of the molecule is CCCC1C=CN(CCC)C(CCC)(CCC)C1(CCC)CCC. The fraction of sp³-hybridized carbons (Fsp3) is 0.913. The van der Waals surface area contributed by atoms with E-state index in [0.29, 0.717) is 11.0 Å². The molecule has 1 aliphatic rings. The van der Waals surface area contributed by atoms with Crippen molar-refractivity contribution in [2.75, 3.05) is 6.54 Å². The molecule has 1 nitrogen and oxygen atoms in total. The van der Waals surface area contributed by atoms with Crippen LogP contribution < -0.4 is 0 Å². The maximum Gasteiger partial charge on any atom is 0.0458 e. The zero-order chi connectivity index (χ0) is 18.1. The van der Waals surface area contributed by atoms with E-state index in [2.05, 4.69) is 58.7 Å². The van der Waals surface area contributed by atoms with Crippen molar-refractivity contribution in [1.82, 2.24) is 4.90 Å². The number of hydrogen-bond donors (Lipinski definition) is 0. The van der Waals surface area contributed by atoms with Gasteiger partial charge in [0.2, 0.25) is 0 Å². The summed E-state index contributed by atoms with van der Waals surface area (Å²) in [6.07, 6.45) is 19.8. The molecular formula is C23H45N. The topological polar surface area (TPSA) is 3.24 Å². The Bertz CT molecular complexity index is 311. The van der Waals surface area contributed by atoms with Gasteiger partial charge >= 0.3 is 0 Å². The predicted octanol–water partition coefficient (Wildman–Crippen LogP) is 7.57. The van der Waals surface area contributed by atoms with Gasteiger partial charge in [0.25, 0.3) is 0 Å². The van der Waals surface area contributed by atoms with Gasteiger partial charge in [-0.05, 0) is 56.1 Å². The molecule has 0 aromatic heterocycles. The predicted molar refractivity (Wildman–Crippen MR) is 109 cm³/mol. The Hall–Kier alpha value is -0.460. The molecule has 1 heterocycles. The summed E-state index contributed by atoms with van der Waals surface area (Å²) < 4.78 is 0. The number of nitrogens with zero attached hydrogens (tertiary/aromatic N) is 1. The zero-order valence-electron chi connectivity index (χ0n) is 17.7. The first-order valence-electron chi connectivity index (χ1n) is 11.1. The minimum absolute atomic E-state index is 0.382. The van der Waals surface area contributed by atoms with Gasteiger partial charge in [0.05, 0.1) is 0 Å². The van der Waals surface area contributed by atoms with Crippen molar-refractivity contribution in [3.63, 3.8) is 0 Å². The highest BCUT2D eigenvalue weighted by atomic mass is 15.2. The van der Waals surface area contributed by atoms with Crippen molar-refractivity contribution in [2.45, 2.75) is 118 Å². The van der Waals surface area contributed by atoms with Crippen molar-refractivity contribution >= 4 is 0 Å². The lowest BCUT2D eigenvalue weighted by Crippen LogP contribution is -2.63. The highest BCUT2D eigenvalue weighted by molar-refractivity contribution is 5.18. The first-order chi connectivity index (χ1) is 11.6. The van der Waals surface area contributed by atoms with Gasteiger partial charge in [-0.25, -0.2) is 0 Å². The summed E-state index contributed by atoms with van der Waals surface area (Å²) in [5.41, 5.74) is 0.857. The molecule has 0 fully saturated rings. The van der Waals surface area contributed by atoms with Crippen LogP contribution in [0.15, 0.2) is 12.3 Å². The Kier molecular flexibility index (Phi) is 9.45. The van der Waals surface area contributed by atoms with Gasteiger partial charge in [-0.15, -0.1) is 0 Å². The minimum Gasteiger partial charge on any atom is -0.371 e. The monoisotopic (exact) mass is 335 g/mol. The van der Waals surface area contributed by atoms with Gasteiger partial charge in [-0.1, -0.05) is 79.7 Å². The molecule has 0 saturated heterocycles. The van der Waals surface area contributed by atoms with E-state index in [-0.39, 0.29) is 0 Å². The molecule has 0 aromatic carbocycles. The van der Waals surface area contributed by atoms with Crippen LogP contribution in [0.2, 0.25) is 0 Å². The molecule has 142 valence electrons. The maximum atomic E-state index is 2.80. The zero-order valence-corrected chi connectivity index (χ0v) is 17.7. The van der Waals surface area contributed by atoms with E-state index in [1.165, 1.54) is 77.2 Å². The Labute approximate surface area is 153 Å². The molecule has 0 bridgehead atoms. The van der Waals surface area contributed by atoms with Crippen LogP contribution in [0, 0.1) is 11.3 Å². The second kappa shape index (κ2) is 10.5. The van der Waals surface area contributed by atoms with Crippen molar-refractivity contribution < 1.29 is 0 Å². The third-order valence-electron chi connectivity index (χ3n) is 6.47. The summed E-state index contributed by atoms with van der Waals surface area (Å²) in [5.74, 6) is 0.772. The number of hydrogen-bond acceptors (Lipinski definition) is 1. The first-order valence-corrected chi connectivity index (χ1v) is 11.1. The molecule has 1 unspecified atom stereocenters. The summed E-state index contributed by atoms with van der Waals surface area (Å²) in [5, 5.41) is 0. The molecule has 0 aromatic rings. The molecule has 0 amide bonds. The van der Waals surface area contributed by atoms with Crippen LogP contribution in [0.3, 0.4) is 0 Å². The third kappa shape index (κ3) is 4.02. The Morgan fingerprint density at radius 1 is 0.708 bits per heavy atom. The summed E-state index contributed by atoms with van der Waals surface area (Å²) >= 11 is 0. The van der Waals surface area contributed by atoms with E-state index in [4.69, 9.17) is 0 Å². The smallest absolute Gasteiger partial charge is 0.0458 e. The number of rotatable bonds is 12. The van der Waals surface area contributed by atoms with E-state index in [1.54, 1.807) is 0 Å². The van der Waals surface area contributed by atoms with Gasteiger partial charge in [0, 0.05) is 12.1 Å². The van der Waals surface area contributed by atoms with Crippen LogP contribution in [0.4, 0.5) is 0 Å². The highest BCUT2D eigenvalue weighted by Gasteiger charge is 2.56. The van der Waals surface area contributed by atoms with Crippen LogP contribution in [-0.4, -0.2) is 17.0 Å². The molecule has 1 aliphatic heterocycles. The van der Waals surface area contributed by atoms with Gasteiger partial charge in [0.1, 0.15) is 0 Å². The molecular weight excluding hydrogens is 290 g/mol. The maximum absolute atomic E-state index is 2.80. The molecule has 0 saturated carbocycles. The molecule has 1 heteroatoms. The molecule has 0 spiro atoms. The summed E-state index contributed by atoms with van der Waals surface area (Å²) in [6, 6.07) is 0. The van der Waals surface area contributed by atoms with Crippen molar-refractivity contribution in [3.05, 3.63) is 12.3 Å². The van der Waals surface area contributed by atoms with E-state index >= 15 is 0 Å². The van der Waals surface area contributed by atoms with Crippen molar-refractivity contribution in [3.8, 4) is 0 Å². The normalized spacial score (nSPS) is 22.1. The molecule has 1 rings (SSSR count). The van der Waals surface area contributed by atoms with Crippen LogP contribution in [0.5, 0.6) is 0 Å². The molecule has 24 heavy (non-hydrogen) atoms. The summed E-state index contributed by atoms with van der Waals surface area (Å²) in [6.45, 7) is 15.6. The van der Waals surface area contributed by atoms with Gasteiger partial charge in [-0.3, -0.25) is 0 Å². The Morgan fingerprint density at radius 3 is 1.67 bits per heavy atom. The Morgan fingerprint density at radius 2 is 1.25 bits per heavy atom. The van der Waals surface area contributed by atoms with E-state index in [0.717, 1.165) is 5.92 Å². The second-order valence-corrected chi connectivity index (χ2v) is 8.12.